The summed E-state index contributed by atoms with van der Waals surface area (Å²) in [5.74, 6) is -0.235. The molecule has 1 aromatic heterocycles. The maximum absolute atomic E-state index is 14.3. The minimum absolute atomic E-state index is 0.0520. The average Bonchev–Trinajstić information content (AvgIpc) is 2.65. The number of aryl methyl sites for hydroxylation is 1. The zero-order chi connectivity index (χ0) is 20.4. The highest BCUT2D eigenvalue weighted by Crippen LogP contribution is 2.31. The summed E-state index contributed by atoms with van der Waals surface area (Å²) in [6.07, 6.45) is 2.22. The van der Waals surface area contributed by atoms with Gasteiger partial charge in [-0.25, -0.2) is 4.68 Å². The van der Waals surface area contributed by atoms with Gasteiger partial charge in [-0.3, -0.25) is 9.59 Å². The lowest BCUT2D eigenvalue weighted by Crippen LogP contribution is -2.44. The summed E-state index contributed by atoms with van der Waals surface area (Å²) in [5, 5.41) is 4.71. The van der Waals surface area contributed by atoms with Gasteiger partial charge in [0.25, 0.3) is 11.5 Å². The highest BCUT2D eigenvalue weighted by molar-refractivity contribution is 5.75. The maximum Gasteiger partial charge on any atom is 0.272 e. The van der Waals surface area contributed by atoms with Crippen molar-refractivity contribution in [1.82, 2.24) is 14.9 Å². The summed E-state index contributed by atoms with van der Waals surface area (Å²) in [6.45, 7) is 7.71. The summed E-state index contributed by atoms with van der Waals surface area (Å²) in [4.78, 5) is 24.9. The van der Waals surface area contributed by atoms with Crippen LogP contribution in [0.5, 0.6) is 0 Å². The molecule has 0 spiro atoms. The van der Waals surface area contributed by atoms with E-state index in [1.165, 1.54) is 11.6 Å². The first-order valence-corrected chi connectivity index (χ1v) is 9.99. The summed E-state index contributed by atoms with van der Waals surface area (Å²) in [5.41, 5.74) is 3.20. The Morgan fingerprint density at radius 2 is 2.04 bits per heavy atom. The number of carbonyl (C=O) groups is 1. The van der Waals surface area contributed by atoms with Crippen molar-refractivity contribution < 1.29 is 9.28 Å². The van der Waals surface area contributed by atoms with Crippen molar-refractivity contribution in [2.75, 3.05) is 0 Å². The molecule has 0 aliphatic heterocycles. The molecule has 0 N–H and O–H groups in total. The van der Waals surface area contributed by atoms with Crippen molar-refractivity contribution in [3.8, 4) is 11.1 Å². The fraction of sp³-hybridized carbons (Fsp3) is 0.500. The third kappa shape index (κ3) is 4.16. The van der Waals surface area contributed by atoms with Gasteiger partial charge in [0.1, 0.15) is 6.54 Å². The molecule has 6 heteroatoms. The van der Waals surface area contributed by atoms with Gasteiger partial charge in [-0.1, -0.05) is 56.4 Å². The van der Waals surface area contributed by atoms with Crippen molar-refractivity contribution in [3.05, 3.63) is 51.9 Å². The van der Waals surface area contributed by atoms with Crippen molar-refractivity contribution in [1.29, 1.82) is 0 Å². The average molecular weight is 385 g/mol. The lowest BCUT2D eigenvalue weighted by molar-refractivity contribution is -0.159. The van der Waals surface area contributed by atoms with Gasteiger partial charge in [0.05, 0.1) is 11.7 Å². The Morgan fingerprint density at radius 3 is 2.64 bits per heavy atom. The fourth-order valence-corrected chi connectivity index (χ4v) is 3.68. The second-order valence-corrected chi connectivity index (χ2v) is 8.08. The Hall–Kier alpha value is -2.50. The molecule has 0 bridgehead atoms. The Kier molecular flexibility index (Phi) is 5.96. The zero-order valence-electron chi connectivity index (χ0n) is 17.0. The van der Waals surface area contributed by atoms with Crippen LogP contribution in [0.3, 0.4) is 0 Å². The number of hydrogen-bond donors (Lipinski definition) is 0. The third-order valence-corrected chi connectivity index (χ3v) is 5.41. The SMILES string of the molecule is CCc1cccc(-c2cc(=O)n(CC(=O)N(F)C3CC(C)C3)nc2C(C)C)c1. The van der Waals surface area contributed by atoms with Crippen LogP contribution in [0.2, 0.25) is 0 Å². The first-order valence-electron chi connectivity index (χ1n) is 9.99. The zero-order valence-corrected chi connectivity index (χ0v) is 17.0. The standard InChI is InChI=1S/C22H28FN3O2/c1-5-16-7-6-8-17(11-16)19-12-20(27)25(24-22(19)14(2)3)13-21(28)26(23)18-9-15(4)10-18/h6-8,11-12,14-15,18H,5,9-10,13H2,1-4H3. The van der Waals surface area contributed by atoms with Gasteiger partial charge >= 0.3 is 0 Å². The minimum atomic E-state index is -0.720. The Bertz CT molecular complexity index is 916. The molecule has 1 heterocycles. The van der Waals surface area contributed by atoms with Gasteiger partial charge in [0.15, 0.2) is 0 Å². The second kappa shape index (κ2) is 8.25. The molecule has 1 aliphatic rings. The molecule has 1 amide bonds. The molecule has 5 nitrogen and oxygen atoms in total. The van der Waals surface area contributed by atoms with Crippen LogP contribution in [0, 0.1) is 5.92 Å². The number of aromatic nitrogens is 2. The number of nitrogens with zero attached hydrogens (tertiary/aromatic N) is 3. The van der Waals surface area contributed by atoms with E-state index in [0.29, 0.717) is 18.8 Å². The molecular formula is C22H28FN3O2. The van der Waals surface area contributed by atoms with Crippen LogP contribution in [0.4, 0.5) is 4.48 Å². The van der Waals surface area contributed by atoms with Gasteiger partial charge in [-0.2, -0.15) is 10.2 Å². The molecule has 0 radical (unpaired) electrons. The van der Waals surface area contributed by atoms with Crippen molar-refractivity contribution in [2.45, 2.75) is 65.5 Å². The molecule has 1 aromatic carbocycles. The summed E-state index contributed by atoms with van der Waals surface area (Å²) in [7, 11) is 0. The molecule has 28 heavy (non-hydrogen) atoms. The predicted octanol–water partition coefficient (Wildman–Crippen LogP) is 4.11. The van der Waals surface area contributed by atoms with Crippen LogP contribution in [-0.2, 0) is 17.8 Å². The normalized spacial score (nSPS) is 18.8. The molecule has 0 atom stereocenters. The summed E-state index contributed by atoms with van der Waals surface area (Å²) < 4.78 is 15.3. The number of rotatable bonds is 6. The van der Waals surface area contributed by atoms with Crippen LogP contribution >= 0.6 is 0 Å². The largest absolute Gasteiger partial charge is 0.272 e. The Morgan fingerprint density at radius 1 is 1.32 bits per heavy atom. The highest BCUT2D eigenvalue weighted by atomic mass is 19.2. The molecule has 0 unspecified atom stereocenters. The van der Waals surface area contributed by atoms with Gasteiger partial charge in [-0.05, 0) is 42.2 Å². The smallest absolute Gasteiger partial charge is 0.270 e. The van der Waals surface area contributed by atoms with Crippen LogP contribution in [0.15, 0.2) is 35.1 Å². The first-order chi connectivity index (χ1) is 13.3. The molecular weight excluding hydrogens is 357 g/mol. The fourth-order valence-electron chi connectivity index (χ4n) is 3.68. The Labute approximate surface area is 165 Å². The minimum Gasteiger partial charge on any atom is -0.270 e. The van der Waals surface area contributed by atoms with E-state index in [2.05, 4.69) is 18.1 Å². The van der Waals surface area contributed by atoms with Crippen LogP contribution in [0.1, 0.15) is 57.7 Å². The third-order valence-electron chi connectivity index (χ3n) is 5.41. The van der Waals surface area contributed by atoms with Crippen LogP contribution in [0.25, 0.3) is 11.1 Å². The highest BCUT2D eigenvalue weighted by Gasteiger charge is 2.34. The topological polar surface area (TPSA) is 55.2 Å². The van der Waals surface area contributed by atoms with E-state index < -0.39 is 11.5 Å². The quantitative estimate of drug-likeness (QED) is 0.703. The van der Waals surface area contributed by atoms with E-state index in [1.807, 2.05) is 39.0 Å². The van der Waals surface area contributed by atoms with E-state index in [4.69, 9.17) is 0 Å². The van der Waals surface area contributed by atoms with E-state index in [9.17, 15) is 14.1 Å². The predicted molar refractivity (Wildman–Crippen MR) is 108 cm³/mol. The van der Waals surface area contributed by atoms with Crippen molar-refractivity contribution in [2.24, 2.45) is 5.92 Å². The van der Waals surface area contributed by atoms with Gasteiger partial charge in [0.2, 0.25) is 0 Å². The van der Waals surface area contributed by atoms with Gasteiger partial charge < -0.3 is 0 Å². The second-order valence-electron chi connectivity index (χ2n) is 8.08. The number of amides is 1. The van der Waals surface area contributed by atoms with E-state index >= 15 is 0 Å². The van der Waals surface area contributed by atoms with Crippen molar-refractivity contribution in [3.63, 3.8) is 0 Å². The van der Waals surface area contributed by atoms with Gasteiger partial charge in [0, 0.05) is 11.6 Å². The molecule has 2 aromatic rings. The molecule has 1 saturated carbocycles. The summed E-state index contributed by atoms with van der Waals surface area (Å²) in [6, 6.07) is 9.16. The molecule has 3 rings (SSSR count). The number of benzene rings is 1. The van der Waals surface area contributed by atoms with Crippen LogP contribution < -0.4 is 5.56 Å². The number of carbonyl (C=O) groups excluding carboxylic acids is 1. The van der Waals surface area contributed by atoms with Gasteiger partial charge in [-0.15, -0.1) is 0 Å². The number of halogens is 1. The Balaban J connectivity index is 1.90. The van der Waals surface area contributed by atoms with E-state index in [1.54, 1.807) is 0 Å². The van der Waals surface area contributed by atoms with Crippen molar-refractivity contribution >= 4 is 5.91 Å². The monoisotopic (exact) mass is 385 g/mol. The molecule has 1 fully saturated rings. The first kappa shape index (κ1) is 20.2. The lowest BCUT2D eigenvalue weighted by Gasteiger charge is -2.35. The van der Waals surface area contributed by atoms with Crippen LogP contribution in [-0.4, -0.2) is 26.9 Å². The van der Waals surface area contributed by atoms with E-state index in [-0.39, 0.29) is 23.6 Å². The van der Waals surface area contributed by atoms with E-state index in [0.717, 1.165) is 27.9 Å². The summed E-state index contributed by atoms with van der Waals surface area (Å²) >= 11 is 0. The maximum atomic E-state index is 14.3. The molecule has 1 aliphatic carbocycles. The lowest BCUT2D eigenvalue weighted by atomic mass is 9.82. The molecule has 0 saturated heterocycles. The number of hydrogen-bond acceptors (Lipinski definition) is 3. The molecule has 150 valence electrons.